The fraction of sp³-hybridized carbons (Fsp3) is 0.379. The molecule has 2 unspecified atom stereocenters. The van der Waals surface area contributed by atoms with Gasteiger partial charge in [0.1, 0.15) is 16.5 Å². The van der Waals surface area contributed by atoms with Crippen LogP contribution in [0.1, 0.15) is 59.7 Å². The van der Waals surface area contributed by atoms with Crippen molar-refractivity contribution in [1.29, 1.82) is 0 Å². The van der Waals surface area contributed by atoms with Gasteiger partial charge in [0.15, 0.2) is 5.65 Å². The second-order valence-electron chi connectivity index (χ2n) is 10.8. The number of rotatable bonds is 6. The first-order chi connectivity index (χ1) is 19.6. The number of carboxylic acids is 1. The summed E-state index contributed by atoms with van der Waals surface area (Å²) < 4.78 is 31.3. The summed E-state index contributed by atoms with van der Waals surface area (Å²) in [5.41, 5.74) is 3.69. The summed E-state index contributed by atoms with van der Waals surface area (Å²) in [4.78, 5) is 18.8. The number of nitrogens with zero attached hydrogens (tertiary/aromatic N) is 6. The second-order valence-corrected chi connectivity index (χ2v) is 13.1. The van der Waals surface area contributed by atoms with Crippen LogP contribution in [0.3, 0.4) is 0 Å². The zero-order valence-electron chi connectivity index (χ0n) is 22.9. The predicted molar refractivity (Wildman–Crippen MR) is 155 cm³/mol. The van der Waals surface area contributed by atoms with Gasteiger partial charge in [-0.1, -0.05) is 23.7 Å². The number of aryl methyl sites for hydroxylation is 2. The van der Waals surface area contributed by atoms with E-state index < -0.39 is 21.9 Å². The summed E-state index contributed by atoms with van der Waals surface area (Å²) in [6.45, 7) is 4.92. The Morgan fingerprint density at radius 3 is 2.80 bits per heavy atom. The molecule has 6 rings (SSSR count). The number of pyridine rings is 2. The molecule has 5 heterocycles. The number of benzene rings is 1. The molecule has 12 heteroatoms. The Morgan fingerprint density at radius 1 is 1.17 bits per heavy atom. The average Bonchev–Trinajstić information content (AvgIpc) is 3.30. The number of sulfonamides is 1. The second kappa shape index (κ2) is 10.7. The molecule has 10 nitrogen and oxygen atoms in total. The molecule has 2 atom stereocenters. The lowest BCUT2D eigenvalue weighted by atomic mass is 9.86. The highest BCUT2D eigenvalue weighted by molar-refractivity contribution is 7.89. The van der Waals surface area contributed by atoms with E-state index in [-0.39, 0.29) is 23.9 Å². The van der Waals surface area contributed by atoms with Crippen LogP contribution in [-0.2, 0) is 21.4 Å². The molecule has 214 valence electrons. The van der Waals surface area contributed by atoms with Crippen molar-refractivity contribution in [1.82, 2.24) is 23.9 Å². The smallest absolute Gasteiger partial charge is 0.304 e. The number of aliphatic carboxylic acids is 1. The fourth-order valence-corrected chi connectivity index (χ4v) is 7.97. The molecule has 0 amide bonds. The van der Waals surface area contributed by atoms with Crippen LogP contribution in [0.15, 0.2) is 53.7 Å². The van der Waals surface area contributed by atoms with E-state index >= 15 is 0 Å². The van der Waals surface area contributed by atoms with Crippen LogP contribution in [0, 0.1) is 13.8 Å². The molecule has 0 radical (unpaired) electrons. The minimum atomic E-state index is -3.87. The number of hydrogen-bond donors (Lipinski definition) is 1. The van der Waals surface area contributed by atoms with Crippen LogP contribution in [0.4, 0.5) is 5.82 Å². The summed E-state index contributed by atoms with van der Waals surface area (Å²) in [7, 11) is -3.87. The van der Waals surface area contributed by atoms with E-state index in [4.69, 9.17) is 11.6 Å². The number of carboxylic acid groups (broad SMARTS) is 1. The maximum Gasteiger partial charge on any atom is 0.304 e. The first kappa shape index (κ1) is 27.6. The van der Waals surface area contributed by atoms with Gasteiger partial charge in [-0.05, 0) is 79.6 Å². The topological polar surface area (TPSA) is 121 Å². The third kappa shape index (κ3) is 4.96. The van der Waals surface area contributed by atoms with Gasteiger partial charge < -0.3 is 10.0 Å². The SMILES string of the molecule is Cc1c(C(CC(=O)O)c2ccc(Cl)c(CN3CC4CCCCN4c4ncccc4S3(=O)=O)c2)ccn2c(C)nnc12. The average molecular weight is 595 g/mol. The lowest BCUT2D eigenvalue weighted by molar-refractivity contribution is -0.137. The van der Waals surface area contributed by atoms with E-state index in [0.29, 0.717) is 28.6 Å². The Labute approximate surface area is 243 Å². The van der Waals surface area contributed by atoms with Crippen LogP contribution in [0.2, 0.25) is 5.02 Å². The van der Waals surface area contributed by atoms with Crippen LogP contribution in [0.5, 0.6) is 0 Å². The molecule has 41 heavy (non-hydrogen) atoms. The summed E-state index contributed by atoms with van der Waals surface area (Å²) in [5.74, 6) is -0.189. The monoisotopic (exact) mass is 594 g/mol. The van der Waals surface area contributed by atoms with Crippen LogP contribution < -0.4 is 4.90 Å². The zero-order chi connectivity index (χ0) is 28.9. The highest BCUT2D eigenvalue weighted by Gasteiger charge is 2.39. The van der Waals surface area contributed by atoms with Crippen LogP contribution in [-0.4, -0.2) is 62.5 Å². The van der Waals surface area contributed by atoms with Gasteiger partial charge in [-0.25, -0.2) is 13.4 Å². The third-order valence-electron chi connectivity index (χ3n) is 8.29. The van der Waals surface area contributed by atoms with E-state index in [1.807, 2.05) is 42.6 Å². The van der Waals surface area contributed by atoms with Crippen molar-refractivity contribution in [2.75, 3.05) is 18.0 Å². The van der Waals surface area contributed by atoms with Gasteiger partial charge in [0.25, 0.3) is 0 Å². The molecule has 0 saturated carbocycles. The Balaban J connectivity index is 1.40. The number of aromatic nitrogens is 4. The minimum absolute atomic E-state index is 0.0115. The summed E-state index contributed by atoms with van der Waals surface area (Å²) in [5, 5.41) is 18.7. The third-order valence-corrected chi connectivity index (χ3v) is 10.5. The molecule has 2 aliphatic rings. The summed E-state index contributed by atoms with van der Waals surface area (Å²) >= 11 is 6.67. The lowest BCUT2D eigenvalue weighted by Gasteiger charge is -2.36. The molecule has 4 aromatic rings. The quantitative estimate of drug-likeness (QED) is 0.345. The number of piperidine rings is 1. The molecule has 0 bridgehead atoms. The van der Waals surface area contributed by atoms with Gasteiger partial charge in [0, 0.05) is 49.0 Å². The molecule has 3 aromatic heterocycles. The van der Waals surface area contributed by atoms with Gasteiger partial charge in [-0.2, -0.15) is 4.31 Å². The van der Waals surface area contributed by atoms with Crippen molar-refractivity contribution in [2.45, 2.75) is 62.9 Å². The standard InChI is InChI=1S/C29H31ClN6O4S/c1-18-23(10-13-35-19(2)32-33-28(18)35)24(15-27(37)38)20-8-9-25(30)21(14-20)16-34-17-22-6-3-4-12-36(22)29-26(41(34,39)40)7-5-11-31-29/h5,7-11,13-14,22,24H,3-4,6,12,15-17H2,1-2H3,(H,37,38). The van der Waals surface area contributed by atoms with E-state index in [1.54, 1.807) is 24.4 Å². The van der Waals surface area contributed by atoms with Gasteiger partial charge in [-0.15, -0.1) is 10.2 Å². The molecule has 0 spiro atoms. The van der Waals surface area contributed by atoms with Gasteiger partial charge >= 0.3 is 5.97 Å². The van der Waals surface area contributed by atoms with Crippen molar-refractivity contribution in [2.24, 2.45) is 0 Å². The first-order valence-corrected chi connectivity index (χ1v) is 15.5. The van der Waals surface area contributed by atoms with E-state index in [1.165, 1.54) is 4.31 Å². The van der Waals surface area contributed by atoms with Crippen molar-refractivity contribution in [3.8, 4) is 0 Å². The molecule has 2 aliphatic heterocycles. The Morgan fingerprint density at radius 2 is 2.00 bits per heavy atom. The number of anilines is 1. The maximum absolute atomic E-state index is 14.0. The first-order valence-electron chi connectivity index (χ1n) is 13.7. The molecular weight excluding hydrogens is 564 g/mol. The predicted octanol–water partition coefficient (Wildman–Crippen LogP) is 4.56. The Bertz CT molecular complexity index is 1760. The minimum Gasteiger partial charge on any atom is -0.481 e. The highest BCUT2D eigenvalue weighted by Crippen LogP contribution is 2.38. The molecule has 1 aromatic carbocycles. The fourth-order valence-electron chi connectivity index (χ4n) is 6.18. The molecule has 1 N–H and O–H groups in total. The Hall–Kier alpha value is -3.54. The molecular formula is C29H31ClN6O4S. The number of carbonyl (C=O) groups is 1. The summed E-state index contributed by atoms with van der Waals surface area (Å²) in [6.07, 6.45) is 6.23. The number of fused-ring (bicyclic) bond motifs is 4. The number of halogens is 1. The normalized spacial score (nSPS) is 19.4. The van der Waals surface area contributed by atoms with Gasteiger partial charge in [0.2, 0.25) is 10.0 Å². The van der Waals surface area contributed by atoms with E-state index in [2.05, 4.69) is 20.1 Å². The van der Waals surface area contributed by atoms with Crippen molar-refractivity contribution >= 4 is 39.1 Å². The van der Waals surface area contributed by atoms with Crippen molar-refractivity contribution in [3.63, 3.8) is 0 Å². The highest BCUT2D eigenvalue weighted by atomic mass is 35.5. The van der Waals surface area contributed by atoms with Crippen LogP contribution >= 0.6 is 11.6 Å². The van der Waals surface area contributed by atoms with Gasteiger partial charge in [-0.3, -0.25) is 9.20 Å². The lowest BCUT2D eigenvalue weighted by Crippen LogP contribution is -2.45. The van der Waals surface area contributed by atoms with Crippen LogP contribution in [0.25, 0.3) is 5.65 Å². The van der Waals surface area contributed by atoms with E-state index in [0.717, 1.165) is 48.3 Å². The van der Waals surface area contributed by atoms with E-state index in [9.17, 15) is 18.3 Å². The largest absolute Gasteiger partial charge is 0.481 e. The van der Waals surface area contributed by atoms with Crippen molar-refractivity contribution < 1.29 is 18.3 Å². The molecule has 0 aliphatic carbocycles. The summed E-state index contributed by atoms with van der Waals surface area (Å²) in [6, 6.07) is 10.6. The Kier molecular flexibility index (Phi) is 7.21. The number of hydrogen-bond acceptors (Lipinski definition) is 7. The van der Waals surface area contributed by atoms with Gasteiger partial charge in [0.05, 0.1) is 6.42 Å². The molecule has 1 fully saturated rings. The zero-order valence-corrected chi connectivity index (χ0v) is 24.4. The molecule has 1 saturated heterocycles. The maximum atomic E-state index is 14.0. The van der Waals surface area contributed by atoms with Crippen molar-refractivity contribution in [3.05, 3.63) is 81.9 Å².